The van der Waals surface area contributed by atoms with Gasteiger partial charge in [-0.1, -0.05) is 24.3 Å². The highest BCUT2D eigenvalue weighted by atomic mass is 19.1. The first-order valence-corrected chi connectivity index (χ1v) is 4.34. The molecule has 0 atom stereocenters. The van der Waals surface area contributed by atoms with E-state index in [-0.39, 0.29) is 5.82 Å². The molecular weight excluding hydrogens is 163 g/mol. The Kier molecular flexibility index (Phi) is 1.80. The number of fused-ring (bicyclic) bond motifs is 1. The van der Waals surface area contributed by atoms with Crippen LogP contribution in [0, 0.1) is 19.7 Å². The molecule has 0 fully saturated rings. The van der Waals surface area contributed by atoms with Crippen LogP contribution in [0.1, 0.15) is 11.1 Å². The van der Waals surface area contributed by atoms with Gasteiger partial charge in [-0.3, -0.25) is 0 Å². The summed E-state index contributed by atoms with van der Waals surface area (Å²) in [7, 11) is 0. The lowest BCUT2D eigenvalue weighted by Gasteiger charge is -2.06. The molecule has 66 valence electrons. The smallest absolute Gasteiger partial charge is 0.127 e. The van der Waals surface area contributed by atoms with Gasteiger partial charge < -0.3 is 0 Å². The zero-order valence-corrected chi connectivity index (χ0v) is 7.76. The largest absolute Gasteiger partial charge is 0.207 e. The first-order valence-electron chi connectivity index (χ1n) is 4.34. The summed E-state index contributed by atoms with van der Waals surface area (Å²) < 4.78 is 13.3. The van der Waals surface area contributed by atoms with E-state index in [1.165, 1.54) is 0 Å². The lowest BCUT2D eigenvalue weighted by Crippen LogP contribution is -1.87. The molecule has 0 bridgehead atoms. The molecular formula is C12H11F. The summed E-state index contributed by atoms with van der Waals surface area (Å²) in [6.45, 7) is 3.75. The Labute approximate surface area is 77.0 Å². The molecule has 0 N–H and O–H groups in total. The fourth-order valence-electron chi connectivity index (χ4n) is 1.66. The van der Waals surface area contributed by atoms with Crippen molar-refractivity contribution >= 4 is 10.8 Å². The number of hydrogen-bond acceptors (Lipinski definition) is 0. The minimum absolute atomic E-state index is 0.115. The maximum Gasteiger partial charge on any atom is 0.127 e. The van der Waals surface area contributed by atoms with Gasteiger partial charge in [-0.15, -0.1) is 0 Å². The summed E-state index contributed by atoms with van der Waals surface area (Å²) in [4.78, 5) is 0. The summed E-state index contributed by atoms with van der Waals surface area (Å²) in [5.74, 6) is -0.115. The standard InChI is InChI=1S/C12H11F/c1-8-7-12(13)9(2)11-6-4-3-5-10(8)11/h3-7H,1-2H3. The van der Waals surface area contributed by atoms with Crippen molar-refractivity contribution in [2.75, 3.05) is 0 Å². The number of aryl methyl sites for hydroxylation is 2. The van der Waals surface area contributed by atoms with Crippen molar-refractivity contribution in [3.05, 3.63) is 47.3 Å². The van der Waals surface area contributed by atoms with Gasteiger partial charge in [0.15, 0.2) is 0 Å². The third-order valence-electron chi connectivity index (χ3n) is 2.46. The fraction of sp³-hybridized carbons (Fsp3) is 0.167. The molecule has 2 aromatic carbocycles. The maximum atomic E-state index is 13.3. The summed E-state index contributed by atoms with van der Waals surface area (Å²) in [6.07, 6.45) is 0. The Balaban J connectivity index is 2.97. The van der Waals surface area contributed by atoms with E-state index in [9.17, 15) is 4.39 Å². The molecule has 0 saturated carbocycles. The van der Waals surface area contributed by atoms with Gasteiger partial charge in [0, 0.05) is 0 Å². The van der Waals surface area contributed by atoms with Crippen LogP contribution in [0.4, 0.5) is 4.39 Å². The molecule has 2 rings (SSSR count). The number of rotatable bonds is 0. The van der Waals surface area contributed by atoms with Gasteiger partial charge >= 0.3 is 0 Å². The van der Waals surface area contributed by atoms with Crippen LogP contribution >= 0.6 is 0 Å². The van der Waals surface area contributed by atoms with Crippen LogP contribution in [0.5, 0.6) is 0 Å². The second-order valence-electron chi connectivity index (χ2n) is 3.35. The average Bonchev–Trinajstić information content (AvgIpc) is 2.15. The lowest BCUT2D eigenvalue weighted by atomic mass is 10.0. The van der Waals surface area contributed by atoms with E-state index in [2.05, 4.69) is 0 Å². The number of halogens is 1. The Morgan fingerprint density at radius 2 is 1.62 bits per heavy atom. The zero-order chi connectivity index (χ0) is 9.42. The van der Waals surface area contributed by atoms with Gasteiger partial charge in [-0.2, -0.15) is 0 Å². The van der Waals surface area contributed by atoms with E-state index in [0.29, 0.717) is 0 Å². The average molecular weight is 174 g/mol. The lowest BCUT2D eigenvalue weighted by molar-refractivity contribution is 0.620. The molecule has 0 aliphatic heterocycles. The number of benzene rings is 2. The normalized spacial score (nSPS) is 10.7. The van der Waals surface area contributed by atoms with Gasteiger partial charge in [0.25, 0.3) is 0 Å². The summed E-state index contributed by atoms with van der Waals surface area (Å²) in [5.41, 5.74) is 1.74. The third kappa shape index (κ3) is 1.21. The van der Waals surface area contributed by atoms with Crippen molar-refractivity contribution in [2.45, 2.75) is 13.8 Å². The molecule has 0 amide bonds. The summed E-state index contributed by atoms with van der Waals surface area (Å²) in [5, 5.41) is 2.15. The van der Waals surface area contributed by atoms with Crippen LogP contribution in [-0.4, -0.2) is 0 Å². The summed E-state index contributed by atoms with van der Waals surface area (Å²) >= 11 is 0. The van der Waals surface area contributed by atoms with Crippen LogP contribution in [-0.2, 0) is 0 Å². The van der Waals surface area contributed by atoms with E-state index in [1.807, 2.05) is 38.1 Å². The van der Waals surface area contributed by atoms with E-state index < -0.39 is 0 Å². The van der Waals surface area contributed by atoms with Crippen LogP contribution in [0.25, 0.3) is 10.8 Å². The van der Waals surface area contributed by atoms with Crippen LogP contribution in [0.15, 0.2) is 30.3 Å². The molecule has 0 spiro atoms. The highest BCUT2D eigenvalue weighted by Gasteiger charge is 2.04. The Morgan fingerprint density at radius 1 is 1.00 bits per heavy atom. The predicted molar refractivity (Wildman–Crippen MR) is 53.4 cm³/mol. The van der Waals surface area contributed by atoms with Gasteiger partial charge in [-0.25, -0.2) is 4.39 Å². The fourth-order valence-corrected chi connectivity index (χ4v) is 1.66. The van der Waals surface area contributed by atoms with Gasteiger partial charge in [0.1, 0.15) is 5.82 Å². The van der Waals surface area contributed by atoms with Crippen LogP contribution in [0.3, 0.4) is 0 Å². The molecule has 0 heterocycles. The molecule has 0 nitrogen and oxygen atoms in total. The van der Waals surface area contributed by atoms with Gasteiger partial charge in [0.2, 0.25) is 0 Å². The highest BCUT2D eigenvalue weighted by Crippen LogP contribution is 2.23. The predicted octanol–water partition coefficient (Wildman–Crippen LogP) is 3.60. The molecule has 0 unspecified atom stereocenters. The first kappa shape index (κ1) is 8.24. The van der Waals surface area contributed by atoms with Crippen molar-refractivity contribution < 1.29 is 4.39 Å². The molecule has 0 saturated heterocycles. The van der Waals surface area contributed by atoms with E-state index in [1.54, 1.807) is 6.07 Å². The van der Waals surface area contributed by atoms with Crippen LogP contribution < -0.4 is 0 Å². The zero-order valence-electron chi connectivity index (χ0n) is 7.76. The molecule has 2 aromatic rings. The van der Waals surface area contributed by atoms with Crippen molar-refractivity contribution in [3.8, 4) is 0 Å². The highest BCUT2D eigenvalue weighted by molar-refractivity contribution is 5.88. The maximum absolute atomic E-state index is 13.3. The second kappa shape index (κ2) is 2.84. The Bertz CT molecular complexity index is 458. The van der Waals surface area contributed by atoms with Crippen LogP contribution in [0.2, 0.25) is 0 Å². The molecule has 0 aliphatic carbocycles. The van der Waals surface area contributed by atoms with E-state index >= 15 is 0 Å². The summed E-state index contributed by atoms with van der Waals surface area (Å²) in [6, 6.07) is 9.50. The SMILES string of the molecule is Cc1cc(F)c(C)c2ccccc12. The quantitative estimate of drug-likeness (QED) is 0.572. The Morgan fingerprint density at radius 3 is 2.31 bits per heavy atom. The monoisotopic (exact) mass is 174 g/mol. The minimum atomic E-state index is -0.115. The van der Waals surface area contributed by atoms with Crippen molar-refractivity contribution in [1.29, 1.82) is 0 Å². The van der Waals surface area contributed by atoms with Crippen molar-refractivity contribution in [1.82, 2.24) is 0 Å². The molecule has 1 heteroatoms. The molecule has 0 radical (unpaired) electrons. The number of hydrogen-bond donors (Lipinski definition) is 0. The molecule has 0 aliphatic rings. The van der Waals surface area contributed by atoms with E-state index in [4.69, 9.17) is 0 Å². The van der Waals surface area contributed by atoms with Crippen molar-refractivity contribution in [3.63, 3.8) is 0 Å². The Hall–Kier alpha value is -1.37. The second-order valence-corrected chi connectivity index (χ2v) is 3.35. The first-order chi connectivity index (χ1) is 6.20. The third-order valence-corrected chi connectivity index (χ3v) is 2.46. The van der Waals surface area contributed by atoms with Gasteiger partial charge in [-0.05, 0) is 41.8 Å². The molecule has 0 aromatic heterocycles. The minimum Gasteiger partial charge on any atom is -0.207 e. The topological polar surface area (TPSA) is 0 Å². The van der Waals surface area contributed by atoms with Gasteiger partial charge in [0.05, 0.1) is 0 Å². The van der Waals surface area contributed by atoms with E-state index in [0.717, 1.165) is 21.9 Å². The van der Waals surface area contributed by atoms with Crippen molar-refractivity contribution in [2.24, 2.45) is 0 Å². The molecule has 13 heavy (non-hydrogen) atoms.